The van der Waals surface area contributed by atoms with Crippen LogP contribution in [0.25, 0.3) is 0 Å². The average Bonchev–Trinajstić information content (AvgIpc) is 3.12. The van der Waals surface area contributed by atoms with Crippen LogP contribution >= 0.6 is 22.9 Å². The second kappa shape index (κ2) is 8.32. The van der Waals surface area contributed by atoms with Crippen LogP contribution in [0.2, 0.25) is 5.02 Å². The van der Waals surface area contributed by atoms with Gasteiger partial charge in [0.15, 0.2) is 11.6 Å². The summed E-state index contributed by atoms with van der Waals surface area (Å²) in [5.41, 5.74) is 0.505. The first-order valence-corrected chi connectivity index (χ1v) is 9.00. The number of amides is 1. The summed E-state index contributed by atoms with van der Waals surface area (Å²) in [4.78, 5) is 22.9. The van der Waals surface area contributed by atoms with E-state index >= 15 is 0 Å². The summed E-state index contributed by atoms with van der Waals surface area (Å²) < 4.78 is 31.8. The zero-order valence-corrected chi connectivity index (χ0v) is 15.5. The Kier molecular flexibility index (Phi) is 5.86. The molecule has 10 heteroatoms. The molecule has 3 rings (SSSR count). The molecular weight excluding hydrogens is 414 g/mol. The average molecular weight is 425 g/mol. The Hall–Kier alpha value is -3.04. The quantitative estimate of drug-likeness (QED) is 0.423. The summed E-state index contributed by atoms with van der Waals surface area (Å²) in [6, 6.07) is 8.21. The summed E-state index contributed by atoms with van der Waals surface area (Å²) in [5, 5.41) is 15.2. The van der Waals surface area contributed by atoms with Gasteiger partial charge in [0.05, 0.1) is 20.5 Å². The highest BCUT2D eigenvalue weighted by atomic mass is 35.5. The smallest absolute Gasteiger partial charge is 0.271 e. The first-order chi connectivity index (χ1) is 13.3. The van der Waals surface area contributed by atoms with Gasteiger partial charge in [-0.15, -0.1) is 11.3 Å². The van der Waals surface area contributed by atoms with Crippen molar-refractivity contribution in [3.05, 3.63) is 85.1 Å². The van der Waals surface area contributed by atoms with Gasteiger partial charge in [0, 0.05) is 23.8 Å². The molecule has 3 aromatic rings. The highest BCUT2D eigenvalue weighted by molar-refractivity contribution is 7.12. The number of benzene rings is 2. The lowest BCUT2D eigenvalue weighted by Crippen LogP contribution is -2.10. The number of nitrogens with zero attached hydrogens (tertiary/aromatic N) is 1. The van der Waals surface area contributed by atoms with Crippen molar-refractivity contribution in [2.75, 3.05) is 5.32 Å². The lowest BCUT2D eigenvalue weighted by Gasteiger charge is -2.06. The molecule has 0 bridgehead atoms. The Balaban J connectivity index is 1.67. The standard InChI is InChI=1S/C18H11ClF2N2O4S/c19-13-3-2-12(23(25)26)7-15(13)22-18(24)17-5-10(9-28-17)8-27-16-4-1-11(20)6-14(16)21/h1-7,9H,8H2,(H,22,24). The van der Waals surface area contributed by atoms with Crippen LogP contribution in [-0.4, -0.2) is 10.8 Å². The number of ether oxygens (including phenoxy) is 1. The highest BCUT2D eigenvalue weighted by Crippen LogP contribution is 2.28. The molecule has 0 fully saturated rings. The lowest BCUT2D eigenvalue weighted by atomic mass is 10.2. The number of nitro benzene ring substituents is 1. The summed E-state index contributed by atoms with van der Waals surface area (Å²) in [6.45, 7) is -0.0239. The Labute approximate surface area is 166 Å². The Morgan fingerprint density at radius 3 is 2.71 bits per heavy atom. The number of rotatable bonds is 6. The third-order valence-electron chi connectivity index (χ3n) is 3.57. The number of halogens is 3. The molecule has 0 unspecified atom stereocenters. The van der Waals surface area contributed by atoms with Crippen molar-refractivity contribution < 1.29 is 23.2 Å². The van der Waals surface area contributed by atoms with Gasteiger partial charge in [0.25, 0.3) is 11.6 Å². The first-order valence-electron chi connectivity index (χ1n) is 7.74. The van der Waals surface area contributed by atoms with Gasteiger partial charge >= 0.3 is 0 Å². The van der Waals surface area contributed by atoms with Gasteiger partial charge in [-0.2, -0.15) is 0 Å². The Morgan fingerprint density at radius 1 is 1.21 bits per heavy atom. The van der Waals surface area contributed by atoms with Crippen LogP contribution in [0.15, 0.2) is 47.8 Å². The molecule has 2 aromatic carbocycles. The molecule has 144 valence electrons. The number of hydrogen-bond donors (Lipinski definition) is 1. The van der Waals surface area contributed by atoms with Gasteiger partial charge in [0.1, 0.15) is 12.4 Å². The lowest BCUT2D eigenvalue weighted by molar-refractivity contribution is -0.384. The maximum atomic E-state index is 13.6. The second-order valence-electron chi connectivity index (χ2n) is 5.56. The largest absolute Gasteiger partial charge is 0.486 e. The number of nitrogens with one attached hydrogen (secondary N) is 1. The minimum atomic E-state index is -0.825. The van der Waals surface area contributed by atoms with Gasteiger partial charge in [-0.05, 0) is 29.6 Å². The van der Waals surface area contributed by atoms with Gasteiger partial charge in [-0.3, -0.25) is 14.9 Å². The van der Waals surface area contributed by atoms with E-state index in [9.17, 15) is 23.7 Å². The fourth-order valence-electron chi connectivity index (χ4n) is 2.23. The molecule has 0 saturated heterocycles. The number of carbonyl (C=O) groups excluding carboxylic acids is 1. The highest BCUT2D eigenvalue weighted by Gasteiger charge is 2.15. The van der Waals surface area contributed by atoms with Gasteiger partial charge in [0.2, 0.25) is 0 Å². The van der Waals surface area contributed by atoms with Crippen LogP contribution in [0.5, 0.6) is 5.75 Å². The molecular formula is C18H11ClF2N2O4S. The number of non-ortho nitro benzene ring substituents is 1. The number of carbonyl (C=O) groups is 1. The zero-order valence-electron chi connectivity index (χ0n) is 13.9. The van der Waals surface area contributed by atoms with E-state index in [0.717, 1.165) is 23.5 Å². The molecule has 1 heterocycles. The van der Waals surface area contributed by atoms with E-state index in [1.165, 1.54) is 24.3 Å². The van der Waals surface area contributed by atoms with Crippen molar-refractivity contribution in [2.45, 2.75) is 6.61 Å². The molecule has 0 aliphatic carbocycles. The van der Waals surface area contributed by atoms with Gasteiger partial charge in [-0.1, -0.05) is 11.6 Å². The number of thiophene rings is 1. The van der Waals surface area contributed by atoms with E-state index < -0.39 is 22.5 Å². The van der Waals surface area contributed by atoms with Crippen molar-refractivity contribution in [2.24, 2.45) is 0 Å². The molecule has 0 radical (unpaired) electrons. The number of nitro groups is 1. The SMILES string of the molecule is O=C(Nc1cc([N+](=O)[O-])ccc1Cl)c1cc(COc2ccc(F)cc2F)cs1. The zero-order chi connectivity index (χ0) is 20.3. The molecule has 28 heavy (non-hydrogen) atoms. The van der Waals surface area contributed by atoms with Gasteiger partial charge in [-0.25, -0.2) is 8.78 Å². The molecule has 1 amide bonds. The van der Waals surface area contributed by atoms with Crippen LogP contribution in [0.4, 0.5) is 20.2 Å². The molecule has 0 spiro atoms. The maximum absolute atomic E-state index is 13.6. The number of hydrogen-bond acceptors (Lipinski definition) is 5. The van der Waals surface area contributed by atoms with Crippen molar-refractivity contribution in [3.63, 3.8) is 0 Å². The summed E-state index contributed by atoms with van der Waals surface area (Å²) >= 11 is 7.08. The van der Waals surface area contributed by atoms with Crippen molar-refractivity contribution in [1.82, 2.24) is 0 Å². The molecule has 1 N–H and O–H groups in total. The van der Waals surface area contributed by atoms with Crippen molar-refractivity contribution >= 4 is 40.2 Å². The molecule has 6 nitrogen and oxygen atoms in total. The third kappa shape index (κ3) is 4.62. The van der Waals surface area contributed by atoms with Crippen molar-refractivity contribution in [3.8, 4) is 5.75 Å². The summed E-state index contributed by atoms with van der Waals surface area (Å²) in [7, 11) is 0. The molecule has 0 aliphatic heterocycles. The summed E-state index contributed by atoms with van der Waals surface area (Å²) in [5.74, 6) is -2.15. The van der Waals surface area contributed by atoms with Crippen LogP contribution in [-0.2, 0) is 6.61 Å². The van der Waals surface area contributed by atoms with E-state index in [1.807, 2.05) is 0 Å². The Morgan fingerprint density at radius 2 is 2.00 bits per heavy atom. The minimum absolute atomic E-state index is 0.0239. The van der Waals surface area contributed by atoms with Crippen LogP contribution < -0.4 is 10.1 Å². The molecule has 0 saturated carbocycles. The molecule has 0 aliphatic rings. The molecule has 1 aromatic heterocycles. The second-order valence-corrected chi connectivity index (χ2v) is 6.88. The summed E-state index contributed by atoms with van der Waals surface area (Å²) in [6.07, 6.45) is 0. The van der Waals surface area contributed by atoms with Crippen LogP contribution in [0.1, 0.15) is 15.2 Å². The fourth-order valence-corrected chi connectivity index (χ4v) is 3.19. The first kappa shape index (κ1) is 19.7. The monoisotopic (exact) mass is 424 g/mol. The topological polar surface area (TPSA) is 81.5 Å². The fraction of sp³-hybridized carbons (Fsp3) is 0.0556. The Bertz CT molecular complexity index is 1060. The van der Waals surface area contributed by atoms with E-state index in [4.69, 9.17) is 16.3 Å². The predicted molar refractivity (Wildman–Crippen MR) is 101 cm³/mol. The minimum Gasteiger partial charge on any atom is -0.486 e. The molecule has 0 atom stereocenters. The van der Waals surface area contributed by atoms with Crippen LogP contribution in [0.3, 0.4) is 0 Å². The van der Waals surface area contributed by atoms with E-state index in [0.29, 0.717) is 16.5 Å². The third-order valence-corrected chi connectivity index (χ3v) is 4.88. The normalized spacial score (nSPS) is 10.5. The van der Waals surface area contributed by atoms with Crippen molar-refractivity contribution in [1.29, 1.82) is 0 Å². The number of anilines is 1. The maximum Gasteiger partial charge on any atom is 0.271 e. The van der Waals surface area contributed by atoms with Crippen LogP contribution in [0, 0.1) is 21.7 Å². The van der Waals surface area contributed by atoms with Gasteiger partial charge < -0.3 is 10.1 Å². The van der Waals surface area contributed by atoms with E-state index in [2.05, 4.69) is 5.32 Å². The van der Waals surface area contributed by atoms with E-state index in [-0.39, 0.29) is 28.8 Å². The predicted octanol–water partition coefficient (Wildman–Crippen LogP) is 5.42. The van der Waals surface area contributed by atoms with E-state index in [1.54, 1.807) is 5.38 Å².